The monoisotopic (exact) mass is 324 g/mol. The maximum atomic E-state index is 11.9. The van der Waals surface area contributed by atoms with E-state index in [9.17, 15) is 14.4 Å². The average molecular weight is 324 g/mol. The Balaban J connectivity index is 1.86. The van der Waals surface area contributed by atoms with Crippen LogP contribution in [0.25, 0.3) is 0 Å². The molecule has 2 aromatic rings. The summed E-state index contributed by atoms with van der Waals surface area (Å²) >= 11 is 0. The van der Waals surface area contributed by atoms with E-state index in [4.69, 9.17) is 0 Å². The maximum Gasteiger partial charge on any atom is 0.233 e. The molecule has 0 atom stereocenters. The van der Waals surface area contributed by atoms with E-state index in [-0.39, 0.29) is 18.1 Å². The van der Waals surface area contributed by atoms with E-state index in [1.807, 2.05) is 24.3 Å². The number of anilines is 2. The molecule has 24 heavy (non-hydrogen) atoms. The number of aryl methyl sites for hydroxylation is 1. The highest BCUT2D eigenvalue weighted by Gasteiger charge is 2.10. The van der Waals surface area contributed by atoms with Gasteiger partial charge in [0.05, 0.1) is 0 Å². The Labute approximate surface area is 141 Å². The molecular weight excluding hydrogens is 304 g/mol. The Hall–Kier alpha value is -2.95. The second-order valence-corrected chi connectivity index (χ2v) is 5.46. The zero-order valence-corrected chi connectivity index (χ0v) is 13.8. The molecular formula is C19H20N2O3. The first kappa shape index (κ1) is 17.4. The average Bonchev–Trinajstić information content (AvgIpc) is 2.55. The molecule has 0 aromatic heterocycles. The third-order valence-corrected chi connectivity index (χ3v) is 3.54. The predicted molar refractivity (Wildman–Crippen MR) is 94.1 cm³/mol. The summed E-state index contributed by atoms with van der Waals surface area (Å²) in [5.41, 5.74) is 2.96. The molecule has 0 bridgehead atoms. The van der Waals surface area contributed by atoms with Crippen LogP contribution in [0.15, 0.2) is 48.5 Å². The summed E-state index contributed by atoms with van der Waals surface area (Å²) in [5.74, 6) is -0.827. The van der Waals surface area contributed by atoms with E-state index in [2.05, 4.69) is 17.6 Å². The first-order valence-electron chi connectivity index (χ1n) is 7.77. The molecule has 2 N–H and O–H groups in total. The molecule has 0 spiro atoms. The Bertz CT molecular complexity index is 734. The molecule has 2 aromatic carbocycles. The molecule has 2 rings (SSSR count). The highest BCUT2D eigenvalue weighted by molar-refractivity contribution is 6.08. The van der Waals surface area contributed by atoms with E-state index < -0.39 is 5.91 Å². The van der Waals surface area contributed by atoms with Crippen molar-refractivity contribution < 1.29 is 14.4 Å². The van der Waals surface area contributed by atoms with Crippen molar-refractivity contribution in [3.8, 4) is 0 Å². The summed E-state index contributed by atoms with van der Waals surface area (Å²) in [4.78, 5) is 35.0. The Morgan fingerprint density at radius 1 is 0.792 bits per heavy atom. The van der Waals surface area contributed by atoms with Crippen molar-refractivity contribution in [1.82, 2.24) is 0 Å². The molecule has 0 heterocycles. The van der Waals surface area contributed by atoms with E-state index in [1.165, 1.54) is 12.5 Å². The van der Waals surface area contributed by atoms with Crippen LogP contribution in [0.4, 0.5) is 11.4 Å². The van der Waals surface area contributed by atoms with Gasteiger partial charge in [-0.1, -0.05) is 19.1 Å². The van der Waals surface area contributed by atoms with Crippen LogP contribution >= 0.6 is 0 Å². The molecule has 124 valence electrons. The lowest BCUT2D eigenvalue weighted by atomic mass is 10.1. The van der Waals surface area contributed by atoms with Crippen LogP contribution in [-0.4, -0.2) is 17.6 Å². The molecule has 5 nitrogen and oxygen atoms in total. The van der Waals surface area contributed by atoms with Gasteiger partial charge in [-0.2, -0.15) is 0 Å². The quantitative estimate of drug-likeness (QED) is 0.631. The summed E-state index contributed by atoms with van der Waals surface area (Å²) in [6.45, 7) is 3.53. The number of amides is 2. The first-order chi connectivity index (χ1) is 11.5. The van der Waals surface area contributed by atoms with Crippen molar-refractivity contribution in [2.45, 2.75) is 26.7 Å². The fourth-order valence-electron chi connectivity index (χ4n) is 2.17. The number of hydrogen-bond acceptors (Lipinski definition) is 3. The molecule has 0 aliphatic rings. The van der Waals surface area contributed by atoms with Crippen LogP contribution in [-0.2, 0) is 16.0 Å². The van der Waals surface area contributed by atoms with Gasteiger partial charge in [-0.3, -0.25) is 14.4 Å². The molecule has 0 fully saturated rings. The molecule has 0 aliphatic heterocycles. The van der Waals surface area contributed by atoms with Crippen molar-refractivity contribution in [2.24, 2.45) is 0 Å². The van der Waals surface area contributed by atoms with Gasteiger partial charge in [0.25, 0.3) is 0 Å². The van der Waals surface area contributed by atoms with Crippen LogP contribution in [0.1, 0.15) is 36.2 Å². The van der Waals surface area contributed by atoms with Gasteiger partial charge in [0.15, 0.2) is 5.78 Å². The van der Waals surface area contributed by atoms with Crippen molar-refractivity contribution in [1.29, 1.82) is 0 Å². The fourth-order valence-corrected chi connectivity index (χ4v) is 2.17. The highest BCUT2D eigenvalue weighted by Crippen LogP contribution is 2.12. The van der Waals surface area contributed by atoms with E-state index in [0.717, 1.165) is 6.42 Å². The van der Waals surface area contributed by atoms with Crippen LogP contribution in [0.5, 0.6) is 0 Å². The standard InChI is InChI=1S/C19H20N2O3/c1-3-14-4-8-16(9-5-14)20-18(23)12-19(24)21-17-10-6-15(7-11-17)13(2)22/h4-11H,3,12H2,1-2H3,(H,20,23)(H,21,24). The third-order valence-electron chi connectivity index (χ3n) is 3.54. The number of carbonyl (C=O) groups is 3. The summed E-state index contributed by atoms with van der Waals surface area (Å²) in [6, 6.07) is 14.0. The largest absolute Gasteiger partial charge is 0.326 e. The minimum Gasteiger partial charge on any atom is -0.326 e. The van der Waals surface area contributed by atoms with E-state index >= 15 is 0 Å². The van der Waals surface area contributed by atoms with Crippen LogP contribution in [0, 0.1) is 0 Å². The maximum absolute atomic E-state index is 11.9. The third kappa shape index (κ3) is 5.05. The molecule has 5 heteroatoms. The van der Waals surface area contributed by atoms with Crippen molar-refractivity contribution >= 4 is 29.0 Å². The van der Waals surface area contributed by atoms with Crippen molar-refractivity contribution in [3.05, 3.63) is 59.7 Å². The lowest BCUT2D eigenvalue weighted by Gasteiger charge is -2.07. The number of benzene rings is 2. The second kappa shape index (κ2) is 8.06. The number of carbonyl (C=O) groups excluding carboxylic acids is 3. The Kier molecular flexibility index (Phi) is 5.84. The number of rotatable bonds is 6. The zero-order chi connectivity index (χ0) is 17.5. The Morgan fingerprint density at radius 2 is 1.25 bits per heavy atom. The summed E-state index contributed by atoms with van der Waals surface area (Å²) in [5, 5.41) is 5.32. The lowest BCUT2D eigenvalue weighted by molar-refractivity contribution is -0.123. The van der Waals surface area contributed by atoms with Gasteiger partial charge >= 0.3 is 0 Å². The van der Waals surface area contributed by atoms with Gasteiger partial charge < -0.3 is 10.6 Å². The second-order valence-electron chi connectivity index (χ2n) is 5.46. The predicted octanol–water partition coefficient (Wildman–Crippen LogP) is 3.42. The molecule has 0 unspecified atom stereocenters. The number of nitrogens with one attached hydrogen (secondary N) is 2. The normalized spacial score (nSPS) is 10.1. The van der Waals surface area contributed by atoms with E-state index in [1.54, 1.807) is 24.3 Å². The first-order valence-corrected chi connectivity index (χ1v) is 7.77. The zero-order valence-electron chi connectivity index (χ0n) is 13.8. The molecule has 0 saturated carbocycles. The van der Waals surface area contributed by atoms with Gasteiger partial charge in [0.1, 0.15) is 6.42 Å². The van der Waals surface area contributed by atoms with Gasteiger partial charge in [-0.15, -0.1) is 0 Å². The molecule has 0 radical (unpaired) electrons. The minimum atomic E-state index is -0.409. The number of Topliss-reactive ketones (excluding diaryl/α,β-unsaturated/α-hetero) is 1. The fraction of sp³-hybridized carbons (Fsp3) is 0.211. The van der Waals surface area contributed by atoms with Gasteiger partial charge in [-0.05, 0) is 55.3 Å². The topological polar surface area (TPSA) is 75.3 Å². The van der Waals surface area contributed by atoms with E-state index in [0.29, 0.717) is 16.9 Å². The molecule has 2 amide bonds. The molecule has 0 saturated heterocycles. The number of ketones is 1. The smallest absolute Gasteiger partial charge is 0.233 e. The SMILES string of the molecule is CCc1ccc(NC(=O)CC(=O)Nc2ccc(C(C)=O)cc2)cc1. The van der Waals surface area contributed by atoms with Crippen molar-refractivity contribution in [3.63, 3.8) is 0 Å². The minimum absolute atomic E-state index is 0.0404. The van der Waals surface area contributed by atoms with Crippen molar-refractivity contribution in [2.75, 3.05) is 10.6 Å². The van der Waals surface area contributed by atoms with Gasteiger partial charge in [0, 0.05) is 16.9 Å². The van der Waals surface area contributed by atoms with Gasteiger partial charge in [-0.25, -0.2) is 0 Å². The van der Waals surface area contributed by atoms with Crippen LogP contribution < -0.4 is 10.6 Å². The molecule has 0 aliphatic carbocycles. The van der Waals surface area contributed by atoms with Crippen LogP contribution in [0.2, 0.25) is 0 Å². The van der Waals surface area contributed by atoms with Crippen LogP contribution in [0.3, 0.4) is 0 Å². The summed E-state index contributed by atoms with van der Waals surface area (Å²) < 4.78 is 0. The lowest BCUT2D eigenvalue weighted by Crippen LogP contribution is -2.21. The highest BCUT2D eigenvalue weighted by atomic mass is 16.2. The Morgan fingerprint density at radius 3 is 1.67 bits per heavy atom. The number of hydrogen-bond donors (Lipinski definition) is 2. The van der Waals surface area contributed by atoms with Gasteiger partial charge in [0.2, 0.25) is 11.8 Å². The summed E-state index contributed by atoms with van der Waals surface area (Å²) in [6.07, 6.45) is 0.656. The summed E-state index contributed by atoms with van der Waals surface area (Å²) in [7, 11) is 0.